The molecule has 130 valence electrons. The molecule has 0 aliphatic rings. The zero-order valence-electron chi connectivity index (χ0n) is 13.0. The van der Waals surface area contributed by atoms with Crippen LogP contribution in [0.1, 0.15) is 12.5 Å². The highest BCUT2D eigenvalue weighted by molar-refractivity contribution is 7.89. The predicted molar refractivity (Wildman–Crippen MR) is 82.6 cm³/mol. The van der Waals surface area contributed by atoms with E-state index in [2.05, 4.69) is 5.32 Å². The Morgan fingerprint density at radius 3 is 2.57 bits per heavy atom. The van der Waals surface area contributed by atoms with Gasteiger partial charge >= 0.3 is 0 Å². The third-order valence-corrected chi connectivity index (χ3v) is 4.01. The van der Waals surface area contributed by atoms with E-state index >= 15 is 0 Å². The van der Waals surface area contributed by atoms with E-state index in [9.17, 15) is 17.6 Å². The molecule has 23 heavy (non-hydrogen) atoms. The number of sulfonamides is 1. The number of ether oxygens (including phenoxy) is 2. The summed E-state index contributed by atoms with van der Waals surface area (Å²) >= 11 is 0. The molecule has 1 rings (SSSR count). The van der Waals surface area contributed by atoms with E-state index in [-0.39, 0.29) is 31.1 Å². The fraction of sp³-hybridized carbons (Fsp3) is 0.500. The van der Waals surface area contributed by atoms with Gasteiger partial charge in [-0.2, -0.15) is 0 Å². The highest BCUT2D eigenvalue weighted by Crippen LogP contribution is 2.27. The largest absolute Gasteiger partial charge is 0.379 e. The second-order valence-corrected chi connectivity index (χ2v) is 6.69. The monoisotopic (exact) mass is 348 g/mol. The van der Waals surface area contributed by atoms with E-state index in [4.69, 9.17) is 14.6 Å². The van der Waals surface area contributed by atoms with Gasteiger partial charge in [-0.3, -0.25) is 4.79 Å². The normalized spacial score (nSPS) is 14.3. The number of hydrogen-bond acceptors (Lipinski definition) is 5. The summed E-state index contributed by atoms with van der Waals surface area (Å²) in [5.41, 5.74) is -1.36. The number of hydrogen-bond donors (Lipinski definition) is 2. The summed E-state index contributed by atoms with van der Waals surface area (Å²) in [5, 5.41) is 7.38. The lowest BCUT2D eigenvalue weighted by molar-refractivity contribution is -0.143. The van der Waals surface area contributed by atoms with Crippen molar-refractivity contribution in [3.05, 3.63) is 35.6 Å². The molecule has 0 aliphatic heterocycles. The summed E-state index contributed by atoms with van der Waals surface area (Å²) in [6.45, 7) is 1.61. The summed E-state index contributed by atoms with van der Waals surface area (Å²) in [4.78, 5) is 12.3. The maximum absolute atomic E-state index is 13.9. The third kappa shape index (κ3) is 5.87. The summed E-state index contributed by atoms with van der Waals surface area (Å²) in [7, 11) is -2.26. The average molecular weight is 348 g/mol. The van der Waals surface area contributed by atoms with Crippen molar-refractivity contribution < 1.29 is 27.1 Å². The summed E-state index contributed by atoms with van der Waals surface area (Å²) in [6, 6.07) is 5.85. The van der Waals surface area contributed by atoms with Crippen molar-refractivity contribution >= 4 is 15.9 Å². The van der Waals surface area contributed by atoms with Crippen molar-refractivity contribution in [2.45, 2.75) is 12.5 Å². The third-order valence-electron chi connectivity index (χ3n) is 3.27. The van der Waals surface area contributed by atoms with Gasteiger partial charge in [0, 0.05) is 19.2 Å². The van der Waals surface area contributed by atoms with E-state index in [1.165, 1.54) is 32.2 Å². The summed E-state index contributed by atoms with van der Waals surface area (Å²) in [5.74, 6) is -1.37. The van der Waals surface area contributed by atoms with Crippen LogP contribution in [-0.4, -0.2) is 46.9 Å². The van der Waals surface area contributed by atoms with Crippen LogP contribution in [0.4, 0.5) is 4.39 Å². The van der Waals surface area contributed by atoms with E-state index in [0.29, 0.717) is 0 Å². The number of carbonyl (C=O) groups is 1. The van der Waals surface area contributed by atoms with Gasteiger partial charge in [0.2, 0.25) is 10.0 Å². The van der Waals surface area contributed by atoms with Crippen molar-refractivity contribution in [1.82, 2.24) is 5.32 Å². The van der Waals surface area contributed by atoms with Crippen LogP contribution < -0.4 is 10.5 Å². The summed E-state index contributed by atoms with van der Waals surface area (Å²) < 4.78 is 45.5. The number of carbonyl (C=O) groups excluding carboxylic acids is 1. The van der Waals surface area contributed by atoms with Gasteiger partial charge in [0.25, 0.3) is 5.91 Å². The first-order valence-corrected chi connectivity index (χ1v) is 8.59. The van der Waals surface area contributed by atoms with Gasteiger partial charge in [0.1, 0.15) is 5.82 Å². The molecule has 0 fully saturated rings. The van der Waals surface area contributed by atoms with Gasteiger partial charge in [-0.05, 0) is 13.0 Å². The topological polar surface area (TPSA) is 108 Å². The van der Waals surface area contributed by atoms with E-state index in [1.54, 1.807) is 6.07 Å². The number of rotatable bonds is 9. The minimum atomic E-state index is -3.57. The van der Waals surface area contributed by atoms with Crippen LogP contribution in [0, 0.1) is 5.82 Å². The molecule has 0 heterocycles. The zero-order valence-corrected chi connectivity index (χ0v) is 13.9. The van der Waals surface area contributed by atoms with Gasteiger partial charge in [0.05, 0.1) is 19.0 Å². The van der Waals surface area contributed by atoms with Crippen LogP contribution in [0.3, 0.4) is 0 Å². The predicted octanol–water partition coefficient (Wildman–Crippen LogP) is 0.109. The molecule has 0 bridgehead atoms. The minimum Gasteiger partial charge on any atom is -0.379 e. The van der Waals surface area contributed by atoms with Crippen LogP contribution in [-0.2, 0) is 29.9 Å². The van der Waals surface area contributed by atoms with E-state index < -0.39 is 27.3 Å². The first kappa shape index (κ1) is 19.5. The lowest BCUT2D eigenvalue weighted by Crippen LogP contribution is -2.45. The molecular formula is C14H21FN2O5S. The standard InChI is InChI=1S/C14H21FN2O5S/c1-14(21-2,11-5-3-4-6-12(11)15)13(18)17-7-8-22-9-10-23(16,19)20/h3-6H,7-10H2,1-2H3,(H,17,18)(H2,16,19,20). The first-order chi connectivity index (χ1) is 10.7. The molecule has 0 radical (unpaired) electrons. The van der Waals surface area contributed by atoms with Crippen molar-refractivity contribution in [3.8, 4) is 0 Å². The van der Waals surface area contributed by atoms with Gasteiger partial charge in [-0.25, -0.2) is 17.9 Å². The molecule has 1 unspecified atom stereocenters. The van der Waals surface area contributed by atoms with Crippen LogP contribution in [0.25, 0.3) is 0 Å². The Kier molecular flexibility index (Phi) is 7.07. The van der Waals surface area contributed by atoms with Gasteiger partial charge in [-0.1, -0.05) is 18.2 Å². The molecule has 7 nitrogen and oxygen atoms in total. The smallest absolute Gasteiger partial charge is 0.256 e. The Balaban J connectivity index is 2.53. The number of halogens is 1. The second kappa shape index (κ2) is 8.34. The maximum Gasteiger partial charge on any atom is 0.256 e. The first-order valence-electron chi connectivity index (χ1n) is 6.87. The maximum atomic E-state index is 13.9. The van der Waals surface area contributed by atoms with E-state index in [1.807, 2.05) is 0 Å². The summed E-state index contributed by atoms with van der Waals surface area (Å²) in [6.07, 6.45) is 0. The molecule has 3 N–H and O–H groups in total. The SMILES string of the molecule is COC(C)(C(=O)NCCOCCS(N)(=O)=O)c1ccccc1F. The van der Waals surface area contributed by atoms with Crippen LogP contribution in [0.2, 0.25) is 0 Å². The Bertz CT molecular complexity index is 638. The molecule has 0 spiro atoms. The quantitative estimate of drug-likeness (QED) is 0.616. The molecule has 0 aromatic heterocycles. The highest BCUT2D eigenvalue weighted by Gasteiger charge is 2.37. The molecule has 1 amide bonds. The van der Waals surface area contributed by atoms with Gasteiger partial charge in [-0.15, -0.1) is 0 Å². The number of methoxy groups -OCH3 is 1. The van der Waals surface area contributed by atoms with Crippen LogP contribution in [0.15, 0.2) is 24.3 Å². The van der Waals surface area contributed by atoms with Crippen molar-refractivity contribution in [3.63, 3.8) is 0 Å². The minimum absolute atomic E-state index is 0.0659. The van der Waals surface area contributed by atoms with Crippen LogP contribution >= 0.6 is 0 Å². The zero-order chi connectivity index (χ0) is 17.5. The van der Waals surface area contributed by atoms with Gasteiger partial charge < -0.3 is 14.8 Å². The van der Waals surface area contributed by atoms with E-state index in [0.717, 1.165) is 0 Å². The second-order valence-electron chi connectivity index (χ2n) is 4.95. The Labute approximate surface area is 135 Å². The molecule has 0 aliphatic carbocycles. The fourth-order valence-electron chi connectivity index (χ4n) is 1.86. The Hall–Kier alpha value is -1.55. The van der Waals surface area contributed by atoms with Crippen molar-refractivity contribution in [2.24, 2.45) is 5.14 Å². The Morgan fingerprint density at radius 2 is 2.00 bits per heavy atom. The lowest BCUT2D eigenvalue weighted by Gasteiger charge is -2.27. The highest BCUT2D eigenvalue weighted by atomic mass is 32.2. The number of nitrogens with two attached hydrogens (primary N) is 1. The molecule has 0 saturated carbocycles. The molecule has 1 atom stereocenters. The van der Waals surface area contributed by atoms with Crippen molar-refractivity contribution in [1.29, 1.82) is 0 Å². The van der Waals surface area contributed by atoms with Crippen LogP contribution in [0.5, 0.6) is 0 Å². The number of nitrogens with one attached hydrogen (secondary N) is 1. The molecule has 1 aromatic carbocycles. The number of amides is 1. The molecule has 0 saturated heterocycles. The van der Waals surface area contributed by atoms with Crippen molar-refractivity contribution in [2.75, 3.05) is 32.6 Å². The molecular weight excluding hydrogens is 327 g/mol. The molecule has 9 heteroatoms. The number of primary sulfonamides is 1. The lowest BCUT2D eigenvalue weighted by atomic mass is 9.94. The molecule has 1 aromatic rings. The number of benzene rings is 1. The average Bonchev–Trinajstić information content (AvgIpc) is 2.49. The van der Waals surface area contributed by atoms with Gasteiger partial charge in [0.15, 0.2) is 5.60 Å². The Morgan fingerprint density at radius 1 is 1.35 bits per heavy atom. The fourth-order valence-corrected chi connectivity index (χ4v) is 2.21.